The quantitative estimate of drug-likeness (QED) is 0.184. The topological polar surface area (TPSA) is 62.4 Å². The van der Waals surface area contributed by atoms with Crippen LogP contribution in [-0.4, -0.2) is 13.7 Å². The molecule has 11 rings (SSSR count). The summed E-state index contributed by atoms with van der Waals surface area (Å²) >= 11 is 0. The smallest absolute Gasteiger partial charge is 0.0998 e. The second-order valence-electron chi connectivity index (χ2n) is 13.9. The summed E-state index contributed by atoms with van der Waals surface area (Å²) in [6.45, 7) is 0. The number of aromatic nitrogens is 3. The van der Waals surface area contributed by atoms with E-state index in [1.165, 1.54) is 32.6 Å². The van der Waals surface area contributed by atoms with Gasteiger partial charge in [0.1, 0.15) is 0 Å². The largest absolute Gasteiger partial charge is 0.309 e. The minimum Gasteiger partial charge on any atom is -0.309 e. The van der Waals surface area contributed by atoms with E-state index >= 15 is 0 Å². The van der Waals surface area contributed by atoms with Crippen LogP contribution in [0.1, 0.15) is 11.1 Å². The van der Waals surface area contributed by atoms with Crippen molar-refractivity contribution in [1.82, 2.24) is 13.7 Å². The monoisotopic (exact) mass is 699 g/mol. The van der Waals surface area contributed by atoms with E-state index in [-0.39, 0.29) is 0 Å². The molecule has 0 amide bonds. The van der Waals surface area contributed by atoms with Gasteiger partial charge < -0.3 is 13.7 Å². The van der Waals surface area contributed by atoms with E-state index in [0.29, 0.717) is 11.1 Å². The van der Waals surface area contributed by atoms with Crippen LogP contribution in [0.3, 0.4) is 0 Å². The van der Waals surface area contributed by atoms with Crippen LogP contribution < -0.4 is 0 Å². The molecule has 0 N–H and O–H groups in total. The molecule has 5 heteroatoms. The van der Waals surface area contributed by atoms with E-state index < -0.39 is 0 Å². The van der Waals surface area contributed by atoms with Gasteiger partial charge in [0.2, 0.25) is 0 Å². The maximum absolute atomic E-state index is 10.5. The van der Waals surface area contributed by atoms with Gasteiger partial charge in [0.25, 0.3) is 0 Å². The number of hydrogen-bond donors (Lipinski definition) is 0. The first kappa shape index (κ1) is 30.7. The highest BCUT2D eigenvalue weighted by atomic mass is 15.0. The summed E-state index contributed by atoms with van der Waals surface area (Å²) in [6.07, 6.45) is 0. The lowest BCUT2D eigenvalue weighted by atomic mass is 9.97. The third kappa shape index (κ3) is 4.39. The van der Waals surface area contributed by atoms with E-state index in [1.54, 1.807) is 0 Å². The summed E-state index contributed by atoms with van der Waals surface area (Å²) in [5, 5.41) is 27.1. The number of nitriles is 2. The standard InChI is InChI=1S/C50H29N5/c51-30-32-23-28-45-40(29-32)38-14-3-7-18-43(38)55(45)46-20-9-11-34(31-52)49(46)33-24-26-35(27-25-33)53-44-19-8-4-15-39(44)50-47(53)21-10-22-48(50)54-41-16-5-1-12-36(41)37-13-2-6-17-42(37)54/h1-29H. The van der Waals surface area contributed by atoms with E-state index in [0.717, 1.165) is 61.0 Å². The molecule has 0 fully saturated rings. The van der Waals surface area contributed by atoms with Gasteiger partial charge in [0.05, 0.1) is 67.7 Å². The van der Waals surface area contributed by atoms with Crippen molar-refractivity contribution < 1.29 is 0 Å². The lowest BCUT2D eigenvalue weighted by molar-refractivity contribution is 1.16. The van der Waals surface area contributed by atoms with E-state index in [1.807, 2.05) is 42.5 Å². The van der Waals surface area contributed by atoms with Gasteiger partial charge in [-0.3, -0.25) is 0 Å². The van der Waals surface area contributed by atoms with Crippen LogP contribution in [0.15, 0.2) is 176 Å². The molecule has 0 unspecified atom stereocenters. The summed E-state index contributed by atoms with van der Waals surface area (Å²) in [6, 6.07) is 65.9. The van der Waals surface area contributed by atoms with Crippen LogP contribution in [0.4, 0.5) is 0 Å². The normalized spacial score (nSPS) is 11.6. The van der Waals surface area contributed by atoms with Crippen LogP contribution in [0.5, 0.6) is 0 Å². The van der Waals surface area contributed by atoms with Crippen molar-refractivity contribution in [1.29, 1.82) is 10.5 Å². The highest BCUT2D eigenvalue weighted by Gasteiger charge is 2.21. The van der Waals surface area contributed by atoms with Crippen molar-refractivity contribution in [2.45, 2.75) is 0 Å². The van der Waals surface area contributed by atoms with Crippen LogP contribution in [0.2, 0.25) is 0 Å². The van der Waals surface area contributed by atoms with Crippen molar-refractivity contribution in [2.75, 3.05) is 0 Å². The molecule has 0 saturated heterocycles. The van der Waals surface area contributed by atoms with E-state index in [2.05, 4.69) is 159 Å². The molecule has 0 aliphatic rings. The Labute approximate surface area is 316 Å². The Balaban J connectivity index is 1.12. The van der Waals surface area contributed by atoms with Crippen molar-refractivity contribution in [2.24, 2.45) is 0 Å². The van der Waals surface area contributed by atoms with Crippen molar-refractivity contribution in [3.8, 4) is 40.3 Å². The van der Waals surface area contributed by atoms with Crippen LogP contribution in [0, 0.1) is 22.7 Å². The van der Waals surface area contributed by atoms with Gasteiger partial charge in [0, 0.05) is 43.6 Å². The van der Waals surface area contributed by atoms with Crippen LogP contribution >= 0.6 is 0 Å². The molecule has 0 spiro atoms. The number of nitrogens with zero attached hydrogens (tertiary/aromatic N) is 5. The van der Waals surface area contributed by atoms with Gasteiger partial charge in [-0.2, -0.15) is 10.5 Å². The fourth-order valence-electron chi connectivity index (χ4n) is 8.85. The van der Waals surface area contributed by atoms with Gasteiger partial charge in [-0.1, -0.05) is 97.1 Å². The second-order valence-corrected chi connectivity index (χ2v) is 13.9. The summed E-state index contributed by atoms with van der Waals surface area (Å²) in [5.41, 5.74) is 12.7. The first-order valence-electron chi connectivity index (χ1n) is 18.3. The summed E-state index contributed by atoms with van der Waals surface area (Å²) < 4.78 is 6.98. The minimum atomic E-state index is 0.595. The average Bonchev–Trinajstić information content (AvgIpc) is 3.89. The van der Waals surface area contributed by atoms with Crippen molar-refractivity contribution in [3.63, 3.8) is 0 Å². The molecule has 11 aromatic rings. The van der Waals surface area contributed by atoms with Crippen molar-refractivity contribution in [3.05, 3.63) is 187 Å². The van der Waals surface area contributed by atoms with Gasteiger partial charge in [-0.25, -0.2) is 0 Å². The first-order chi connectivity index (χ1) is 27.2. The molecule has 8 aromatic carbocycles. The predicted octanol–water partition coefficient (Wildman–Crippen LogP) is 12.4. The third-order valence-corrected chi connectivity index (χ3v) is 11.1. The van der Waals surface area contributed by atoms with Gasteiger partial charge in [-0.15, -0.1) is 0 Å². The third-order valence-electron chi connectivity index (χ3n) is 11.1. The highest BCUT2D eigenvalue weighted by molar-refractivity contribution is 6.16. The molecular formula is C50H29N5. The summed E-state index contributed by atoms with van der Waals surface area (Å²) in [5.74, 6) is 0. The second kappa shape index (κ2) is 11.8. The number of benzene rings is 8. The highest BCUT2D eigenvalue weighted by Crippen LogP contribution is 2.41. The number of rotatable bonds is 4. The van der Waals surface area contributed by atoms with Gasteiger partial charge >= 0.3 is 0 Å². The van der Waals surface area contributed by atoms with Gasteiger partial charge in [-0.05, 0) is 84.4 Å². The zero-order valence-corrected chi connectivity index (χ0v) is 29.5. The summed E-state index contributed by atoms with van der Waals surface area (Å²) in [4.78, 5) is 0. The molecule has 55 heavy (non-hydrogen) atoms. The molecule has 3 heterocycles. The Bertz CT molecular complexity index is 3400. The van der Waals surface area contributed by atoms with E-state index in [9.17, 15) is 10.5 Å². The maximum atomic E-state index is 10.5. The predicted molar refractivity (Wildman–Crippen MR) is 224 cm³/mol. The number of fused-ring (bicyclic) bond motifs is 9. The molecule has 3 aromatic heterocycles. The van der Waals surface area contributed by atoms with Crippen LogP contribution in [0.25, 0.3) is 93.6 Å². The molecule has 0 bridgehead atoms. The summed E-state index contributed by atoms with van der Waals surface area (Å²) in [7, 11) is 0. The minimum absolute atomic E-state index is 0.595. The zero-order chi connectivity index (χ0) is 36.6. The molecule has 0 aliphatic carbocycles. The van der Waals surface area contributed by atoms with Crippen molar-refractivity contribution >= 4 is 65.4 Å². The molecular weight excluding hydrogens is 671 g/mol. The fourth-order valence-corrected chi connectivity index (χ4v) is 8.85. The Hall–Kier alpha value is -7.86. The Kier molecular flexibility index (Phi) is 6.61. The molecule has 254 valence electrons. The Morgan fingerprint density at radius 1 is 0.364 bits per heavy atom. The SMILES string of the molecule is N#Cc1ccc2c(c1)c1ccccc1n2-c1cccc(C#N)c1-c1ccc(-n2c3ccccc3c3c(-n4c5ccccc5c5ccccc54)cccc32)cc1. The van der Waals surface area contributed by atoms with E-state index in [4.69, 9.17) is 0 Å². The Morgan fingerprint density at radius 2 is 0.873 bits per heavy atom. The van der Waals surface area contributed by atoms with Crippen LogP contribution in [-0.2, 0) is 0 Å². The van der Waals surface area contributed by atoms with Gasteiger partial charge in [0.15, 0.2) is 0 Å². The maximum Gasteiger partial charge on any atom is 0.0998 e. The molecule has 0 saturated carbocycles. The average molecular weight is 700 g/mol. The zero-order valence-electron chi connectivity index (χ0n) is 29.5. The number of para-hydroxylation sites is 4. The molecule has 0 aliphatic heterocycles. The lowest BCUT2D eigenvalue weighted by Gasteiger charge is -2.16. The lowest BCUT2D eigenvalue weighted by Crippen LogP contribution is -2.00. The number of hydrogen-bond acceptors (Lipinski definition) is 2. The first-order valence-corrected chi connectivity index (χ1v) is 18.3. The fraction of sp³-hybridized carbons (Fsp3) is 0. The Morgan fingerprint density at radius 3 is 1.51 bits per heavy atom. The molecule has 5 nitrogen and oxygen atoms in total. The molecule has 0 radical (unpaired) electrons. The molecule has 0 atom stereocenters.